The number of rotatable bonds is 5. The molecule has 1 aromatic heterocycles. The highest BCUT2D eigenvalue weighted by Gasteiger charge is 2.06. The summed E-state index contributed by atoms with van der Waals surface area (Å²) in [6.07, 6.45) is 3.20. The van der Waals surface area contributed by atoms with Crippen molar-refractivity contribution >= 4 is 11.6 Å². The molecule has 0 aliphatic carbocycles. The zero-order valence-corrected chi connectivity index (χ0v) is 11.4. The van der Waals surface area contributed by atoms with E-state index in [0.717, 1.165) is 24.3 Å². The van der Waals surface area contributed by atoms with Crippen LogP contribution in [0, 0.1) is 5.92 Å². The van der Waals surface area contributed by atoms with Crippen LogP contribution < -0.4 is 5.32 Å². The molecule has 1 aromatic carbocycles. The first-order chi connectivity index (χ1) is 8.66. The first-order valence-electron chi connectivity index (χ1n) is 6.01. The lowest BCUT2D eigenvalue weighted by molar-refractivity contribution is 0.551. The molecule has 2 aromatic rings. The van der Waals surface area contributed by atoms with E-state index in [4.69, 9.17) is 11.6 Å². The van der Waals surface area contributed by atoms with Crippen molar-refractivity contribution < 1.29 is 0 Å². The van der Waals surface area contributed by atoms with Gasteiger partial charge in [0.15, 0.2) is 0 Å². The Hall–Kier alpha value is -1.39. The van der Waals surface area contributed by atoms with Crippen LogP contribution in [-0.4, -0.2) is 21.3 Å². The molecule has 96 valence electrons. The molecule has 18 heavy (non-hydrogen) atoms. The van der Waals surface area contributed by atoms with E-state index < -0.39 is 0 Å². The molecular formula is C13H17ClN4. The topological polar surface area (TPSA) is 42.7 Å². The van der Waals surface area contributed by atoms with Gasteiger partial charge < -0.3 is 5.32 Å². The molecule has 0 unspecified atom stereocenters. The summed E-state index contributed by atoms with van der Waals surface area (Å²) in [6, 6.07) is 5.82. The smallest absolute Gasteiger partial charge is 0.138 e. The summed E-state index contributed by atoms with van der Waals surface area (Å²) < 4.78 is 1.73. The van der Waals surface area contributed by atoms with E-state index in [-0.39, 0.29) is 0 Å². The van der Waals surface area contributed by atoms with Gasteiger partial charge in [-0.3, -0.25) is 0 Å². The van der Waals surface area contributed by atoms with Gasteiger partial charge in [-0.2, -0.15) is 5.10 Å². The minimum absolute atomic E-state index is 0.632. The van der Waals surface area contributed by atoms with Crippen molar-refractivity contribution in [1.82, 2.24) is 20.1 Å². The summed E-state index contributed by atoms with van der Waals surface area (Å²) in [4.78, 5) is 3.97. The third kappa shape index (κ3) is 3.31. The predicted molar refractivity (Wildman–Crippen MR) is 72.9 cm³/mol. The van der Waals surface area contributed by atoms with Crippen molar-refractivity contribution in [1.29, 1.82) is 0 Å². The summed E-state index contributed by atoms with van der Waals surface area (Å²) >= 11 is 6.04. The van der Waals surface area contributed by atoms with E-state index in [2.05, 4.69) is 29.2 Å². The normalized spacial score (nSPS) is 11.1. The van der Waals surface area contributed by atoms with Crippen LogP contribution in [0.2, 0.25) is 5.02 Å². The van der Waals surface area contributed by atoms with Crippen LogP contribution in [0.4, 0.5) is 0 Å². The fourth-order valence-corrected chi connectivity index (χ4v) is 1.89. The van der Waals surface area contributed by atoms with Crippen molar-refractivity contribution in [3.63, 3.8) is 0 Å². The average molecular weight is 265 g/mol. The van der Waals surface area contributed by atoms with Gasteiger partial charge in [0.1, 0.15) is 12.7 Å². The molecule has 0 bridgehead atoms. The molecule has 1 N–H and O–H groups in total. The van der Waals surface area contributed by atoms with E-state index in [0.29, 0.717) is 10.9 Å². The summed E-state index contributed by atoms with van der Waals surface area (Å²) in [5.74, 6) is 0.632. The van der Waals surface area contributed by atoms with Crippen molar-refractivity contribution in [2.45, 2.75) is 20.4 Å². The maximum atomic E-state index is 6.04. The van der Waals surface area contributed by atoms with Crippen molar-refractivity contribution in [3.05, 3.63) is 41.4 Å². The lowest BCUT2D eigenvalue weighted by Crippen LogP contribution is -2.20. The van der Waals surface area contributed by atoms with Gasteiger partial charge in [-0.15, -0.1) is 0 Å². The Morgan fingerprint density at radius 2 is 2.22 bits per heavy atom. The van der Waals surface area contributed by atoms with Gasteiger partial charge in [-0.25, -0.2) is 9.67 Å². The second-order valence-corrected chi connectivity index (χ2v) is 5.07. The van der Waals surface area contributed by atoms with Crippen LogP contribution in [0.5, 0.6) is 0 Å². The van der Waals surface area contributed by atoms with Gasteiger partial charge in [0, 0.05) is 11.6 Å². The highest BCUT2D eigenvalue weighted by Crippen LogP contribution is 2.19. The van der Waals surface area contributed by atoms with Gasteiger partial charge in [0.2, 0.25) is 0 Å². The Balaban J connectivity index is 2.19. The number of aromatic nitrogens is 3. The predicted octanol–water partition coefficient (Wildman–Crippen LogP) is 2.67. The molecule has 2 rings (SSSR count). The summed E-state index contributed by atoms with van der Waals surface area (Å²) in [5, 5.41) is 8.27. The Bertz CT molecular complexity index is 494. The van der Waals surface area contributed by atoms with E-state index in [1.165, 1.54) is 6.33 Å². The lowest BCUT2D eigenvalue weighted by Gasteiger charge is -2.12. The molecule has 0 atom stereocenters. The molecule has 0 aliphatic heterocycles. The van der Waals surface area contributed by atoms with Crippen LogP contribution in [-0.2, 0) is 6.54 Å². The maximum absolute atomic E-state index is 6.04. The summed E-state index contributed by atoms with van der Waals surface area (Å²) in [5.41, 5.74) is 2.13. The van der Waals surface area contributed by atoms with E-state index in [9.17, 15) is 0 Å². The van der Waals surface area contributed by atoms with Crippen molar-refractivity contribution in [3.8, 4) is 5.69 Å². The second-order valence-electron chi connectivity index (χ2n) is 4.64. The van der Waals surface area contributed by atoms with Crippen LogP contribution in [0.3, 0.4) is 0 Å². The molecule has 0 saturated heterocycles. The molecule has 0 aliphatic rings. The molecule has 0 saturated carbocycles. The van der Waals surface area contributed by atoms with Crippen LogP contribution in [0.15, 0.2) is 30.9 Å². The van der Waals surface area contributed by atoms with Gasteiger partial charge in [0.05, 0.1) is 5.69 Å². The fraction of sp³-hybridized carbons (Fsp3) is 0.385. The minimum Gasteiger partial charge on any atom is -0.312 e. The standard InChI is InChI=1S/C13H17ClN4/c1-10(2)6-15-7-11-3-4-12(14)5-13(11)18-9-16-8-17-18/h3-5,8-10,15H,6-7H2,1-2H3. The molecule has 4 nitrogen and oxygen atoms in total. The molecule has 5 heteroatoms. The summed E-state index contributed by atoms with van der Waals surface area (Å²) in [6.45, 7) is 6.16. The Morgan fingerprint density at radius 1 is 1.39 bits per heavy atom. The first-order valence-corrected chi connectivity index (χ1v) is 6.38. The van der Waals surface area contributed by atoms with Crippen LogP contribution in [0.25, 0.3) is 5.69 Å². The number of nitrogens with zero attached hydrogens (tertiary/aromatic N) is 3. The number of nitrogens with one attached hydrogen (secondary N) is 1. The van der Waals surface area contributed by atoms with E-state index >= 15 is 0 Å². The monoisotopic (exact) mass is 264 g/mol. The molecule has 0 fully saturated rings. The Morgan fingerprint density at radius 3 is 2.89 bits per heavy atom. The number of hydrogen-bond donors (Lipinski definition) is 1. The van der Waals surface area contributed by atoms with Gasteiger partial charge in [-0.05, 0) is 30.2 Å². The third-order valence-electron chi connectivity index (χ3n) is 2.58. The minimum atomic E-state index is 0.632. The maximum Gasteiger partial charge on any atom is 0.138 e. The number of benzene rings is 1. The number of halogens is 1. The van der Waals surface area contributed by atoms with Gasteiger partial charge in [-0.1, -0.05) is 31.5 Å². The molecule has 0 radical (unpaired) electrons. The molecule has 1 heterocycles. The molecule has 0 spiro atoms. The SMILES string of the molecule is CC(C)CNCc1ccc(Cl)cc1-n1cncn1. The second kappa shape index (κ2) is 5.98. The first kappa shape index (κ1) is 13.1. The quantitative estimate of drug-likeness (QED) is 0.903. The lowest BCUT2D eigenvalue weighted by atomic mass is 10.1. The van der Waals surface area contributed by atoms with Crippen molar-refractivity contribution in [2.24, 2.45) is 5.92 Å². The zero-order chi connectivity index (χ0) is 13.0. The van der Waals surface area contributed by atoms with Crippen LogP contribution in [0.1, 0.15) is 19.4 Å². The highest BCUT2D eigenvalue weighted by atomic mass is 35.5. The number of hydrogen-bond acceptors (Lipinski definition) is 3. The largest absolute Gasteiger partial charge is 0.312 e. The van der Waals surface area contributed by atoms with Crippen LogP contribution >= 0.6 is 11.6 Å². The Labute approximate surface area is 112 Å². The van der Waals surface area contributed by atoms with E-state index in [1.807, 2.05) is 18.2 Å². The Kier molecular flexibility index (Phi) is 4.33. The molecular weight excluding hydrogens is 248 g/mol. The van der Waals surface area contributed by atoms with E-state index in [1.54, 1.807) is 11.0 Å². The fourth-order valence-electron chi connectivity index (χ4n) is 1.73. The van der Waals surface area contributed by atoms with Crippen molar-refractivity contribution in [2.75, 3.05) is 6.54 Å². The molecule has 0 amide bonds. The summed E-state index contributed by atoms with van der Waals surface area (Å²) in [7, 11) is 0. The highest BCUT2D eigenvalue weighted by molar-refractivity contribution is 6.30. The van der Waals surface area contributed by atoms with Gasteiger partial charge >= 0.3 is 0 Å². The third-order valence-corrected chi connectivity index (χ3v) is 2.82. The zero-order valence-electron chi connectivity index (χ0n) is 10.6. The average Bonchev–Trinajstić information content (AvgIpc) is 2.84. The van der Waals surface area contributed by atoms with Gasteiger partial charge in [0.25, 0.3) is 0 Å².